The first-order chi connectivity index (χ1) is 3.43. The summed E-state index contributed by atoms with van der Waals surface area (Å²) in [6.45, 7) is 1.29. The highest BCUT2D eigenvalue weighted by Gasteiger charge is 2.11. The molecule has 0 aromatic heterocycles. The van der Waals surface area contributed by atoms with Crippen molar-refractivity contribution in [1.82, 2.24) is 5.23 Å². The molecule has 1 aliphatic heterocycles. The SMILES string of the molecule is OON1CCCO1. The quantitative estimate of drug-likeness (QED) is 0.377. The molecule has 0 unspecified atom stereocenters. The smallest absolute Gasteiger partial charge is 0.0726 e. The van der Waals surface area contributed by atoms with Crippen LogP contribution in [0.5, 0.6) is 0 Å². The molecule has 1 aliphatic rings. The largest absolute Gasteiger partial charge is 0.272 e. The van der Waals surface area contributed by atoms with Crippen molar-refractivity contribution in [3.05, 3.63) is 0 Å². The van der Waals surface area contributed by atoms with Gasteiger partial charge in [-0.15, -0.1) is 4.99 Å². The van der Waals surface area contributed by atoms with Crippen molar-refractivity contribution in [3.63, 3.8) is 0 Å². The van der Waals surface area contributed by atoms with Gasteiger partial charge in [0.05, 0.1) is 13.2 Å². The molecule has 0 aliphatic carbocycles. The van der Waals surface area contributed by atoms with E-state index in [0.29, 0.717) is 13.2 Å². The van der Waals surface area contributed by atoms with E-state index in [9.17, 15) is 0 Å². The number of hydrogen-bond donors (Lipinski definition) is 1. The van der Waals surface area contributed by atoms with Crippen LogP contribution in [-0.2, 0) is 9.83 Å². The fourth-order valence-corrected chi connectivity index (χ4v) is 0.489. The minimum absolute atomic E-state index is 0.639. The van der Waals surface area contributed by atoms with Gasteiger partial charge in [0.15, 0.2) is 0 Å². The van der Waals surface area contributed by atoms with Gasteiger partial charge in [0.25, 0.3) is 0 Å². The summed E-state index contributed by atoms with van der Waals surface area (Å²) in [6, 6.07) is 0. The molecule has 0 aromatic rings. The molecule has 1 saturated heterocycles. The summed E-state index contributed by atoms with van der Waals surface area (Å²) < 4.78 is 0. The Balaban J connectivity index is 2.14. The van der Waals surface area contributed by atoms with Crippen LogP contribution < -0.4 is 0 Å². The van der Waals surface area contributed by atoms with E-state index in [1.54, 1.807) is 0 Å². The maximum absolute atomic E-state index is 7.87. The van der Waals surface area contributed by atoms with Crippen LogP contribution in [0.1, 0.15) is 6.42 Å². The van der Waals surface area contributed by atoms with Crippen LogP contribution in [0.15, 0.2) is 0 Å². The summed E-state index contributed by atoms with van der Waals surface area (Å²) in [7, 11) is 0. The van der Waals surface area contributed by atoms with Crippen molar-refractivity contribution in [2.45, 2.75) is 6.42 Å². The fourth-order valence-electron chi connectivity index (χ4n) is 0.489. The third kappa shape index (κ3) is 1.10. The molecule has 1 fully saturated rings. The third-order valence-corrected chi connectivity index (χ3v) is 0.811. The van der Waals surface area contributed by atoms with Crippen LogP contribution in [-0.4, -0.2) is 23.6 Å². The van der Waals surface area contributed by atoms with Crippen molar-refractivity contribution >= 4 is 0 Å². The van der Waals surface area contributed by atoms with Crippen LogP contribution in [0.3, 0.4) is 0 Å². The predicted molar refractivity (Wildman–Crippen MR) is 21.0 cm³/mol. The molecular formula is C3H7NO3. The van der Waals surface area contributed by atoms with Gasteiger partial charge in [-0.25, -0.2) is 5.26 Å². The van der Waals surface area contributed by atoms with Gasteiger partial charge in [-0.2, -0.15) is 0 Å². The molecule has 1 rings (SSSR count). The summed E-state index contributed by atoms with van der Waals surface area (Å²) in [5.74, 6) is 0. The lowest BCUT2D eigenvalue weighted by Gasteiger charge is -2.03. The zero-order chi connectivity index (χ0) is 5.11. The minimum Gasteiger partial charge on any atom is -0.272 e. The number of rotatable bonds is 1. The van der Waals surface area contributed by atoms with E-state index in [-0.39, 0.29) is 0 Å². The highest BCUT2D eigenvalue weighted by molar-refractivity contribution is 4.40. The van der Waals surface area contributed by atoms with Crippen LogP contribution in [0.2, 0.25) is 0 Å². The summed E-state index contributed by atoms with van der Waals surface area (Å²) in [5, 5.41) is 8.91. The molecule has 0 bridgehead atoms. The lowest BCUT2D eigenvalue weighted by atomic mass is 10.5. The predicted octanol–water partition coefficient (Wildman–Crippen LogP) is 0.0283. The summed E-state index contributed by atoms with van der Waals surface area (Å²) in [5.41, 5.74) is 0. The molecule has 0 radical (unpaired) electrons. The van der Waals surface area contributed by atoms with Gasteiger partial charge in [0.2, 0.25) is 0 Å². The van der Waals surface area contributed by atoms with Gasteiger partial charge >= 0.3 is 0 Å². The number of hydrogen-bond acceptors (Lipinski definition) is 4. The van der Waals surface area contributed by atoms with E-state index in [4.69, 9.17) is 5.26 Å². The molecule has 0 amide bonds. The van der Waals surface area contributed by atoms with E-state index in [0.717, 1.165) is 11.6 Å². The lowest BCUT2D eigenvalue weighted by Crippen LogP contribution is -2.15. The van der Waals surface area contributed by atoms with Crippen molar-refractivity contribution < 1.29 is 15.1 Å². The van der Waals surface area contributed by atoms with Crippen LogP contribution in [0, 0.1) is 0 Å². The third-order valence-electron chi connectivity index (χ3n) is 0.811. The molecular weight excluding hydrogens is 98.0 g/mol. The fraction of sp³-hybridized carbons (Fsp3) is 1.00. The zero-order valence-electron chi connectivity index (χ0n) is 3.83. The second-order valence-electron chi connectivity index (χ2n) is 1.32. The Bertz CT molecular complexity index is 52.1. The Kier molecular flexibility index (Phi) is 1.59. The summed E-state index contributed by atoms with van der Waals surface area (Å²) in [4.78, 5) is 8.39. The molecule has 0 saturated carbocycles. The van der Waals surface area contributed by atoms with Gasteiger partial charge in [-0.1, -0.05) is 0 Å². The number of hydroxylamine groups is 2. The normalized spacial score (nSPS) is 23.6. The molecule has 42 valence electrons. The van der Waals surface area contributed by atoms with Gasteiger partial charge in [0, 0.05) is 0 Å². The van der Waals surface area contributed by atoms with E-state index in [1.165, 1.54) is 0 Å². The van der Waals surface area contributed by atoms with Crippen molar-refractivity contribution in [2.75, 3.05) is 13.2 Å². The molecule has 1 heterocycles. The average Bonchev–Trinajstić information content (AvgIpc) is 2.14. The first-order valence-corrected chi connectivity index (χ1v) is 2.15. The van der Waals surface area contributed by atoms with Gasteiger partial charge in [0.1, 0.15) is 0 Å². The van der Waals surface area contributed by atoms with Gasteiger partial charge in [-0.3, -0.25) is 4.84 Å². The topological polar surface area (TPSA) is 41.9 Å². The Morgan fingerprint density at radius 1 is 1.71 bits per heavy atom. The maximum Gasteiger partial charge on any atom is 0.0726 e. The number of nitrogens with zero attached hydrogens (tertiary/aromatic N) is 1. The second-order valence-corrected chi connectivity index (χ2v) is 1.32. The van der Waals surface area contributed by atoms with Gasteiger partial charge < -0.3 is 0 Å². The average molecular weight is 105 g/mol. The van der Waals surface area contributed by atoms with E-state index < -0.39 is 0 Å². The van der Waals surface area contributed by atoms with Gasteiger partial charge in [-0.05, 0) is 11.6 Å². The standard InChI is InChI=1S/C3H7NO3/c5-7-4-2-1-3-6-4/h5H,1-3H2. The van der Waals surface area contributed by atoms with Crippen molar-refractivity contribution in [2.24, 2.45) is 0 Å². The van der Waals surface area contributed by atoms with Crippen molar-refractivity contribution in [3.8, 4) is 0 Å². The molecule has 0 aromatic carbocycles. The molecule has 4 nitrogen and oxygen atoms in total. The van der Waals surface area contributed by atoms with Crippen LogP contribution in [0.25, 0.3) is 0 Å². The summed E-state index contributed by atoms with van der Waals surface area (Å²) in [6.07, 6.45) is 0.917. The first-order valence-electron chi connectivity index (χ1n) is 2.15. The zero-order valence-corrected chi connectivity index (χ0v) is 3.83. The molecule has 1 N–H and O–H groups in total. The monoisotopic (exact) mass is 105 g/mol. The van der Waals surface area contributed by atoms with E-state index >= 15 is 0 Å². The van der Waals surface area contributed by atoms with Crippen LogP contribution in [0.4, 0.5) is 0 Å². The molecule has 7 heavy (non-hydrogen) atoms. The Morgan fingerprint density at radius 3 is 2.86 bits per heavy atom. The van der Waals surface area contributed by atoms with Crippen molar-refractivity contribution in [1.29, 1.82) is 0 Å². The maximum atomic E-state index is 7.87. The molecule has 0 spiro atoms. The second kappa shape index (κ2) is 2.23. The Morgan fingerprint density at radius 2 is 2.57 bits per heavy atom. The highest BCUT2D eigenvalue weighted by Crippen LogP contribution is 2.01. The summed E-state index contributed by atoms with van der Waals surface area (Å²) >= 11 is 0. The lowest BCUT2D eigenvalue weighted by molar-refractivity contribution is -0.489. The molecule has 0 atom stereocenters. The minimum atomic E-state index is 0.639. The van der Waals surface area contributed by atoms with E-state index in [1.807, 2.05) is 0 Å². The Hall–Kier alpha value is -0.160. The molecule has 4 heteroatoms. The Labute approximate surface area is 41.1 Å². The first kappa shape index (κ1) is 4.99. The van der Waals surface area contributed by atoms with Crippen LogP contribution >= 0.6 is 0 Å². The van der Waals surface area contributed by atoms with E-state index in [2.05, 4.69) is 9.83 Å². The highest BCUT2D eigenvalue weighted by atomic mass is 17.3.